The van der Waals surface area contributed by atoms with Gasteiger partial charge in [-0.3, -0.25) is 4.68 Å². The summed E-state index contributed by atoms with van der Waals surface area (Å²) < 4.78 is 28.5. The molecule has 28 heavy (non-hydrogen) atoms. The van der Waals surface area contributed by atoms with Crippen molar-refractivity contribution in [2.75, 3.05) is 0 Å². The van der Waals surface area contributed by atoms with Crippen LogP contribution >= 0.6 is 11.6 Å². The number of rotatable bonds is 4. The number of aromatic nitrogens is 2. The van der Waals surface area contributed by atoms with Crippen LogP contribution in [0.15, 0.2) is 72.8 Å². The van der Waals surface area contributed by atoms with E-state index in [1.54, 1.807) is 24.3 Å². The Hall–Kier alpha value is -2.98. The van der Waals surface area contributed by atoms with Gasteiger partial charge < -0.3 is 0 Å². The van der Waals surface area contributed by atoms with Crippen molar-refractivity contribution in [1.82, 2.24) is 9.78 Å². The fraction of sp³-hybridized carbons (Fsp3) is 0.0870. The summed E-state index contributed by atoms with van der Waals surface area (Å²) in [5.74, 6) is -0.638. The Labute approximate surface area is 167 Å². The topological polar surface area (TPSA) is 17.8 Å². The molecule has 4 aromatic rings. The van der Waals surface area contributed by atoms with Crippen LogP contribution in [0.2, 0.25) is 5.02 Å². The molecule has 0 aliphatic rings. The average molecular weight is 395 g/mol. The Bertz CT molecular complexity index is 1120. The lowest BCUT2D eigenvalue weighted by Gasteiger charge is -2.09. The molecule has 0 aliphatic heterocycles. The minimum absolute atomic E-state index is 0.316. The zero-order chi connectivity index (χ0) is 19.7. The van der Waals surface area contributed by atoms with Gasteiger partial charge in [-0.2, -0.15) is 5.10 Å². The van der Waals surface area contributed by atoms with E-state index in [9.17, 15) is 8.78 Å². The first-order valence-electron chi connectivity index (χ1n) is 8.85. The van der Waals surface area contributed by atoms with Crippen LogP contribution in [-0.4, -0.2) is 9.78 Å². The van der Waals surface area contributed by atoms with E-state index < -0.39 is 0 Å². The van der Waals surface area contributed by atoms with Gasteiger partial charge in [0.2, 0.25) is 0 Å². The third-order valence-corrected chi connectivity index (χ3v) is 4.90. The lowest BCUT2D eigenvalue weighted by molar-refractivity contribution is 0.627. The normalized spacial score (nSPS) is 11.0. The first-order chi connectivity index (χ1) is 13.5. The number of benzene rings is 3. The predicted molar refractivity (Wildman–Crippen MR) is 108 cm³/mol. The van der Waals surface area contributed by atoms with Crippen LogP contribution in [0, 0.1) is 18.6 Å². The van der Waals surface area contributed by atoms with Crippen LogP contribution in [0.5, 0.6) is 0 Å². The Morgan fingerprint density at radius 2 is 1.46 bits per heavy atom. The molecule has 0 atom stereocenters. The average Bonchev–Trinajstić information content (AvgIpc) is 2.99. The Kier molecular flexibility index (Phi) is 4.97. The van der Waals surface area contributed by atoms with E-state index in [0.717, 1.165) is 22.3 Å². The quantitative estimate of drug-likeness (QED) is 0.386. The Morgan fingerprint density at radius 3 is 2.07 bits per heavy atom. The largest absolute Gasteiger partial charge is 0.258 e. The van der Waals surface area contributed by atoms with Gasteiger partial charge in [0.25, 0.3) is 0 Å². The zero-order valence-electron chi connectivity index (χ0n) is 15.2. The van der Waals surface area contributed by atoms with Crippen molar-refractivity contribution < 1.29 is 8.78 Å². The molecule has 1 heterocycles. The molecular weight excluding hydrogens is 378 g/mol. The van der Waals surface area contributed by atoms with E-state index in [4.69, 9.17) is 16.7 Å². The third-order valence-electron chi connectivity index (χ3n) is 4.54. The van der Waals surface area contributed by atoms with Crippen LogP contribution in [-0.2, 0) is 6.54 Å². The highest BCUT2D eigenvalue weighted by atomic mass is 35.5. The van der Waals surface area contributed by atoms with Crippen LogP contribution in [0.1, 0.15) is 11.1 Å². The summed E-state index contributed by atoms with van der Waals surface area (Å²) in [7, 11) is 0. The van der Waals surface area contributed by atoms with E-state index in [-0.39, 0.29) is 11.6 Å². The molecular formula is C23H17ClF2N2. The van der Waals surface area contributed by atoms with E-state index >= 15 is 0 Å². The lowest BCUT2D eigenvalue weighted by Crippen LogP contribution is -2.04. The molecule has 0 N–H and O–H groups in total. The van der Waals surface area contributed by atoms with Crippen molar-refractivity contribution in [3.05, 3.63) is 101 Å². The van der Waals surface area contributed by atoms with E-state index in [1.165, 1.54) is 24.3 Å². The summed E-state index contributed by atoms with van der Waals surface area (Å²) in [6.07, 6.45) is 0. The zero-order valence-corrected chi connectivity index (χ0v) is 15.9. The first kappa shape index (κ1) is 18.4. The molecule has 0 fully saturated rings. The molecule has 1 aromatic heterocycles. The second-order valence-corrected chi connectivity index (χ2v) is 7.05. The van der Waals surface area contributed by atoms with Gasteiger partial charge in [0.1, 0.15) is 17.3 Å². The van der Waals surface area contributed by atoms with Gasteiger partial charge in [-0.1, -0.05) is 41.4 Å². The smallest absolute Gasteiger partial charge is 0.123 e. The van der Waals surface area contributed by atoms with Gasteiger partial charge in [-0.15, -0.1) is 0 Å². The molecule has 140 valence electrons. The monoisotopic (exact) mass is 394 g/mol. The first-order valence-corrected chi connectivity index (χ1v) is 9.23. The number of aryl methyl sites for hydroxylation is 1. The molecule has 5 heteroatoms. The highest BCUT2D eigenvalue weighted by Gasteiger charge is 2.19. The maximum absolute atomic E-state index is 13.4. The molecule has 0 spiro atoms. The molecule has 3 aromatic carbocycles. The maximum atomic E-state index is 13.4. The summed E-state index contributed by atoms with van der Waals surface area (Å²) in [5.41, 5.74) is 4.97. The molecule has 4 rings (SSSR count). The Balaban J connectivity index is 1.86. The van der Waals surface area contributed by atoms with Crippen molar-refractivity contribution in [1.29, 1.82) is 0 Å². The minimum Gasteiger partial charge on any atom is -0.258 e. The molecule has 2 nitrogen and oxygen atoms in total. The van der Waals surface area contributed by atoms with Crippen LogP contribution in [0.25, 0.3) is 22.5 Å². The van der Waals surface area contributed by atoms with E-state index in [2.05, 4.69) is 6.07 Å². The van der Waals surface area contributed by atoms with Gasteiger partial charge in [-0.25, -0.2) is 8.78 Å². The maximum Gasteiger partial charge on any atom is 0.123 e. The molecule has 0 saturated carbocycles. The van der Waals surface area contributed by atoms with Crippen molar-refractivity contribution in [3.63, 3.8) is 0 Å². The Morgan fingerprint density at radius 1 is 0.857 bits per heavy atom. The van der Waals surface area contributed by atoms with Crippen molar-refractivity contribution >= 4 is 11.6 Å². The van der Waals surface area contributed by atoms with Gasteiger partial charge in [-0.05, 0) is 61.0 Å². The van der Waals surface area contributed by atoms with Gasteiger partial charge >= 0.3 is 0 Å². The third kappa shape index (κ3) is 3.69. The van der Waals surface area contributed by atoms with Crippen molar-refractivity contribution in [2.24, 2.45) is 0 Å². The summed E-state index contributed by atoms with van der Waals surface area (Å²) in [5, 5.41) is 5.15. The summed E-state index contributed by atoms with van der Waals surface area (Å²) >= 11 is 6.70. The summed E-state index contributed by atoms with van der Waals surface area (Å²) in [4.78, 5) is 0. The number of hydrogen-bond acceptors (Lipinski definition) is 1. The molecule has 0 radical (unpaired) electrons. The number of halogens is 3. The fourth-order valence-corrected chi connectivity index (χ4v) is 3.57. The molecule has 0 bridgehead atoms. The van der Waals surface area contributed by atoms with Crippen molar-refractivity contribution in [3.8, 4) is 22.5 Å². The SMILES string of the molecule is Cc1cccc(Cn2nc(-c3ccc(F)cc3)c(Cl)c2-c2ccc(F)cc2)c1. The van der Waals surface area contributed by atoms with Crippen LogP contribution < -0.4 is 0 Å². The number of nitrogens with zero attached hydrogens (tertiary/aromatic N) is 2. The molecule has 0 unspecified atom stereocenters. The summed E-state index contributed by atoms with van der Waals surface area (Å²) in [6, 6.07) is 20.3. The van der Waals surface area contributed by atoms with E-state index in [1.807, 2.05) is 29.8 Å². The number of hydrogen-bond donors (Lipinski definition) is 0. The molecule has 0 aliphatic carbocycles. The lowest BCUT2D eigenvalue weighted by atomic mass is 10.1. The second-order valence-electron chi connectivity index (χ2n) is 6.67. The second kappa shape index (κ2) is 7.56. The highest BCUT2D eigenvalue weighted by Crippen LogP contribution is 2.37. The van der Waals surface area contributed by atoms with Crippen LogP contribution in [0.4, 0.5) is 8.78 Å². The molecule has 0 saturated heterocycles. The molecule has 0 amide bonds. The van der Waals surface area contributed by atoms with Gasteiger partial charge in [0.15, 0.2) is 0 Å². The van der Waals surface area contributed by atoms with Crippen LogP contribution in [0.3, 0.4) is 0 Å². The summed E-state index contributed by atoms with van der Waals surface area (Å²) in [6.45, 7) is 2.54. The minimum atomic E-state index is -0.321. The standard InChI is InChI=1S/C23H17ClF2N2/c1-15-3-2-4-16(13-15)14-28-23(18-7-11-20(26)12-8-18)21(24)22(27-28)17-5-9-19(25)10-6-17/h2-13H,14H2,1H3. The van der Waals surface area contributed by atoms with Crippen molar-refractivity contribution in [2.45, 2.75) is 13.5 Å². The predicted octanol–water partition coefficient (Wildman–Crippen LogP) is 6.51. The van der Waals surface area contributed by atoms with Gasteiger partial charge in [0, 0.05) is 11.1 Å². The fourth-order valence-electron chi connectivity index (χ4n) is 3.21. The van der Waals surface area contributed by atoms with E-state index in [0.29, 0.717) is 23.0 Å². The van der Waals surface area contributed by atoms with Gasteiger partial charge in [0.05, 0.1) is 17.3 Å². The highest BCUT2D eigenvalue weighted by molar-refractivity contribution is 6.35.